The highest BCUT2D eigenvalue weighted by atomic mass is 16.5. The Balaban J connectivity index is 1.81. The summed E-state index contributed by atoms with van der Waals surface area (Å²) in [6.07, 6.45) is 0.168. The van der Waals surface area contributed by atoms with E-state index in [-0.39, 0.29) is 6.61 Å². The molecule has 0 saturated heterocycles. The fourth-order valence-electron chi connectivity index (χ4n) is 2.20. The third-order valence-corrected chi connectivity index (χ3v) is 3.23. The molecule has 4 heteroatoms. The van der Waals surface area contributed by atoms with Crippen LogP contribution in [-0.2, 0) is 9.53 Å². The van der Waals surface area contributed by atoms with Crippen LogP contribution in [0.15, 0.2) is 53.5 Å². The Kier molecular flexibility index (Phi) is 3.69. The number of aliphatic imine (C=N–C) groups is 1. The van der Waals surface area contributed by atoms with Crippen molar-refractivity contribution < 1.29 is 14.3 Å². The van der Waals surface area contributed by atoms with E-state index < -0.39 is 6.10 Å². The first kappa shape index (κ1) is 13.4. The predicted octanol–water partition coefficient (Wildman–Crippen LogP) is 3.37. The minimum absolute atomic E-state index is 0.196. The van der Waals surface area contributed by atoms with Gasteiger partial charge in [-0.05, 0) is 31.2 Å². The Hall–Kier alpha value is -2.62. The van der Waals surface area contributed by atoms with Crippen molar-refractivity contribution in [3.05, 3.63) is 59.7 Å². The lowest BCUT2D eigenvalue weighted by Gasteiger charge is -2.22. The molecule has 0 aromatic heterocycles. The molecule has 1 aliphatic rings. The second-order valence-corrected chi connectivity index (χ2v) is 4.84. The van der Waals surface area contributed by atoms with Crippen molar-refractivity contribution in [3.63, 3.8) is 0 Å². The van der Waals surface area contributed by atoms with Crippen LogP contribution in [0.2, 0.25) is 0 Å². The number of para-hydroxylation sites is 1. The Labute approximate surface area is 123 Å². The molecule has 0 amide bonds. The molecule has 1 heterocycles. The largest absolute Gasteiger partial charge is 0.484 e. The minimum atomic E-state index is -0.619. The number of fused-ring (bicyclic) bond motifs is 1. The maximum atomic E-state index is 11.2. The summed E-state index contributed by atoms with van der Waals surface area (Å²) >= 11 is 0. The van der Waals surface area contributed by atoms with Gasteiger partial charge in [0.1, 0.15) is 5.75 Å². The molecule has 0 saturated carbocycles. The number of carbonyl (C=O) groups excluding carboxylic acids is 1. The Morgan fingerprint density at radius 2 is 2.05 bits per heavy atom. The quantitative estimate of drug-likeness (QED) is 0.807. The van der Waals surface area contributed by atoms with Gasteiger partial charge in [-0.1, -0.05) is 29.8 Å². The van der Waals surface area contributed by atoms with E-state index >= 15 is 0 Å². The number of aryl methyl sites for hydroxylation is 1. The van der Waals surface area contributed by atoms with Gasteiger partial charge in [0.2, 0.25) is 5.90 Å². The van der Waals surface area contributed by atoms with Gasteiger partial charge in [-0.25, -0.2) is 4.99 Å². The van der Waals surface area contributed by atoms with Gasteiger partial charge in [-0.2, -0.15) is 0 Å². The Morgan fingerprint density at radius 1 is 1.24 bits per heavy atom. The first-order valence-electron chi connectivity index (χ1n) is 6.74. The molecule has 0 fully saturated rings. The average molecular weight is 281 g/mol. The van der Waals surface area contributed by atoms with Gasteiger partial charge in [0.15, 0.2) is 19.0 Å². The number of benzene rings is 2. The van der Waals surface area contributed by atoms with Crippen LogP contribution in [0.3, 0.4) is 0 Å². The smallest absolute Gasteiger partial charge is 0.228 e. The van der Waals surface area contributed by atoms with Gasteiger partial charge in [-0.3, -0.25) is 4.79 Å². The Morgan fingerprint density at radius 3 is 2.81 bits per heavy atom. The summed E-state index contributed by atoms with van der Waals surface area (Å²) in [5.41, 5.74) is 2.63. The lowest BCUT2D eigenvalue weighted by molar-refractivity contribution is -0.114. The van der Waals surface area contributed by atoms with Crippen molar-refractivity contribution in [2.75, 3.05) is 6.61 Å². The van der Waals surface area contributed by atoms with Crippen molar-refractivity contribution >= 4 is 17.9 Å². The normalized spacial score (nSPS) is 16.4. The van der Waals surface area contributed by atoms with Gasteiger partial charge < -0.3 is 9.47 Å². The molecule has 2 aromatic rings. The van der Waals surface area contributed by atoms with Crippen LogP contribution < -0.4 is 4.74 Å². The number of ether oxygens (including phenoxy) is 2. The van der Waals surface area contributed by atoms with Crippen molar-refractivity contribution in [3.8, 4) is 5.75 Å². The highest BCUT2D eigenvalue weighted by molar-refractivity contribution is 5.86. The second-order valence-electron chi connectivity index (χ2n) is 4.84. The molecular formula is C17H15NO3. The zero-order valence-electron chi connectivity index (χ0n) is 11.7. The van der Waals surface area contributed by atoms with Gasteiger partial charge >= 0.3 is 0 Å². The number of hydrogen-bond donors (Lipinski definition) is 0. The minimum Gasteiger partial charge on any atom is -0.484 e. The van der Waals surface area contributed by atoms with Crippen LogP contribution in [0, 0.1) is 6.92 Å². The number of nitrogens with zero attached hydrogens (tertiary/aromatic N) is 1. The van der Waals surface area contributed by atoms with E-state index in [0.717, 1.165) is 28.8 Å². The molecule has 4 nitrogen and oxygen atoms in total. The average Bonchev–Trinajstić information content (AvgIpc) is 2.53. The van der Waals surface area contributed by atoms with E-state index in [9.17, 15) is 4.79 Å². The maximum absolute atomic E-state index is 11.2. The number of aldehydes is 1. The van der Waals surface area contributed by atoms with Gasteiger partial charge in [0.25, 0.3) is 0 Å². The third kappa shape index (κ3) is 2.94. The van der Waals surface area contributed by atoms with Crippen molar-refractivity contribution in [2.24, 2.45) is 4.99 Å². The topological polar surface area (TPSA) is 47.9 Å². The molecule has 2 aromatic carbocycles. The SMILES string of the molecule is Cc1ccc2c(c1)C(C=O)OC(COc1ccccc1)=N2. The van der Waals surface area contributed by atoms with E-state index in [1.54, 1.807) is 0 Å². The first-order chi connectivity index (χ1) is 10.3. The van der Waals surface area contributed by atoms with Crippen LogP contribution in [0.5, 0.6) is 5.75 Å². The Bertz CT molecular complexity index is 680. The summed E-state index contributed by atoms with van der Waals surface area (Å²) in [5.74, 6) is 1.15. The van der Waals surface area contributed by atoms with Crippen LogP contribution in [-0.4, -0.2) is 18.8 Å². The van der Waals surface area contributed by atoms with Gasteiger partial charge in [-0.15, -0.1) is 0 Å². The van der Waals surface area contributed by atoms with E-state index in [0.29, 0.717) is 5.90 Å². The molecule has 106 valence electrons. The van der Waals surface area contributed by atoms with Crippen LogP contribution in [0.1, 0.15) is 17.2 Å². The lowest BCUT2D eigenvalue weighted by atomic mass is 10.0. The van der Waals surface area contributed by atoms with Gasteiger partial charge in [0.05, 0.1) is 5.69 Å². The zero-order valence-corrected chi connectivity index (χ0v) is 11.7. The molecule has 1 unspecified atom stereocenters. The summed E-state index contributed by atoms with van der Waals surface area (Å²) in [7, 11) is 0. The van der Waals surface area contributed by atoms with E-state index in [4.69, 9.17) is 9.47 Å². The zero-order chi connectivity index (χ0) is 14.7. The summed E-state index contributed by atoms with van der Waals surface area (Å²) in [6, 6.07) is 15.2. The monoisotopic (exact) mass is 281 g/mol. The highest BCUT2D eigenvalue weighted by Gasteiger charge is 2.23. The lowest BCUT2D eigenvalue weighted by Crippen LogP contribution is -2.22. The summed E-state index contributed by atoms with van der Waals surface area (Å²) in [6.45, 7) is 2.17. The number of rotatable bonds is 4. The standard InChI is InChI=1S/C17H15NO3/c1-12-7-8-15-14(9-12)16(10-19)21-17(18-15)11-20-13-5-3-2-4-6-13/h2-10,16H,11H2,1H3. The summed E-state index contributed by atoms with van der Waals surface area (Å²) in [4.78, 5) is 15.6. The van der Waals surface area contributed by atoms with E-state index in [1.807, 2.05) is 55.5 Å². The summed E-state index contributed by atoms with van der Waals surface area (Å²) < 4.78 is 11.2. The molecule has 21 heavy (non-hydrogen) atoms. The van der Waals surface area contributed by atoms with Crippen LogP contribution >= 0.6 is 0 Å². The molecular weight excluding hydrogens is 266 g/mol. The highest BCUT2D eigenvalue weighted by Crippen LogP contribution is 2.32. The van der Waals surface area contributed by atoms with Crippen molar-refractivity contribution in [2.45, 2.75) is 13.0 Å². The molecule has 0 bridgehead atoms. The fraction of sp³-hybridized carbons (Fsp3) is 0.176. The van der Waals surface area contributed by atoms with Gasteiger partial charge in [0, 0.05) is 5.56 Å². The maximum Gasteiger partial charge on any atom is 0.228 e. The molecule has 1 atom stereocenters. The molecule has 0 aliphatic carbocycles. The third-order valence-electron chi connectivity index (χ3n) is 3.23. The van der Waals surface area contributed by atoms with Crippen molar-refractivity contribution in [1.82, 2.24) is 0 Å². The predicted molar refractivity (Wildman–Crippen MR) is 80.1 cm³/mol. The van der Waals surface area contributed by atoms with E-state index in [2.05, 4.69) is 4.99 Å². The van der Waals surface area contributed by atoms with Crippen LogP contribution in [0.25, 0.3) is 0 Å². The second kappa shape index (κ2) is 5.79. The first-order valence-corrected chi connectivity index (χ1v) is 6.74. The van der Waals surface area contributed by atoms with Crippen LogP contribution in [0.4, 0.5) is 5.69 Å². The fourth-order valence-corrected chi connectivity index (χ4v) is 2.20. The molecule has 0 radical (unpaired) electrons. The van der Waals surface area contributed by atoms with E-state index in [1.165, 1.54) is 0 Å². The molecule has 3 rings (SSSR count). The van der Waals surface area contributed by atoms with Crippen molar-refractivity contribution in [1.29, 1.82) is 0 Å². The summed E-state index contributed by atoms with van der Waals surface area (Å²) in [5, 5.41) is 0. The molecule has 0 spiro atoms. The number of carbonyl (C=O) groups is 1. The number of hydrogen-bond acceptors (Lipinski definition) is 4. The molecule has 0 N–H and O–H groups in total. The molecule has 1 aliphatic heterocycles.